The van der Waals surface area contributed by atoms with Gasteiger partial charge in [-0.3, -0.25) is 0 Å². The molecule has 2 nitrogen and oxygen atoms in total. The molecule has 0 bridgehead atoms. The molecular weight excluding hydrogens is 228 g/mol. The summed E-state index contributed by atoms with van der Waals surface area (Å²) >= 11 is 7.80. The Morgan fingerprint density at radius 2 is 2.40 bits per heavy atom. The standard InChI is InChI=1S/C11H15ClN2S/c1-15-10-3-2-8(6-10)14-9-4-5-13-11(12)7-9/h4-5,7-8,10H,2-3,6H2,1H3,(H,13,14). The molecule has 1 aromatic heterocycles. The first-order valence-corrected chi connectivity index (χ1v) is 6.85. The number of pyridine rings is 1. The molecule has 0 amide bonds. The number of anilines is 1. The van der Waals surface area contributed by atoms with Gasteiger partial charge >= 0.3 is 0 Å². The molecule has 0 saturated heterocycles. The van der Waals surface area contributed by atoms with E-state index >= 15 is 0 Å². The van der Waals surface area contributed by atoms with Crippen molar-refractivity contribution < 1.29 is 0 Å². The van der Waals surface area contributed by atoms with Crippen LogP contribution in [-0.4, -0.2) is 22.5 Å². The van der Waals surface area contributed by atoms with Crippen LogP contribution < -0.4 is 5.32 Å². The van der Waals surface area contributed by atoms with Crippen LogP contribution in [0.3, 0.4) is 0 Å². The van der Waals surface area contributed by atoms with Crippen molar-refractivity contribution in [1.82, 2.24) is 4.98 Å². The van der Waals surface area contributed by atoms with Crippen molar-refractivity contribution in [1.29, 1.82) is 0 Å². The Labute approximate surface area is 99.8 Å². The van der Waals surface area contributed by atoms with E-state index < -0.39 is 0 Å². The number of thioether (sulfide) groups is 1. The van der Waals surface area contributed by atoms with Crippen molar-refractivity contribution in [3.05, 3.63) is 23.5 Å². The maximum Gasteiger partial charge on any atom is 0.131 e. The molecule has 0 radical (unpaired) electrons. The number of halogens is 1. The fourth-order valence-electron chi connectivity index (χ4n) is 2.01. The zero-order valence-corrected chi connectivity index (χ0v) is 10.3. The van der Waals surface area contributed by atoms with Crippen LogP contribution in [0.25, 0.3) is 0 Å². The summed E-state index contributed by atoms with van der Waals surface area (Å²) in [6, 6.07) is 4.45. The summed E-state index contributed by atoms with van der Waals surface area (Å²) in [6.45, 7) is 0. The lowest BCUT2D eigenvalue weighted by Crippen LogP contribution is -2.15. The van der Waals surface area contributed by atoms with E-state index in [4.69, 9.17) is 11.6 Å². The third-order valence-corrected chi connectivity index (χ3v) is 4.12. The molecular formula is C11H15ClN2S. The smallest absolute Gasteiger partial charge is 0.131 e. The molecule has 0 aliphatic heterocycles. The molecule has 1 aromatic rings. The van der Waals surface area contributed by atoms with Gasteiger partial charge in [0.1, 0.15) is 5.15 Å². The van der Waals surface area contributed by atoms with Gasteiger partial charge < -0.3 is 5.32 Å². The van der Waals surface area contributed by atoms with Crippen molar-refractivity contribution in [3.8, 4) is 0 Å². The first-order chi connectivity index (χ1) is 7.28. The molecule has 1 fully saturated rings. The minimum Gasteiger partial charge on any atom is -0.382 e. The molecule has 1 aliphatic rings. The highest BCUT2D eigenvalue weighted by Gasteiger charge is 2.23. The molecule has 0 aromatic carbocycles. The average molecular weight is 243 g/mol. The van der Waals surface area contributed by atoms with E-state index in [1.807, 2.05) is 23.9 Å². The zero-order valence-electron chi connectivity index (χ0n) is 8.74. The minimum atomic E-state index is 0.555. The van der Waals surface area contributed by atoms with Crippen LogP contribution in [0.5, 0.6) is 0 Å². The normalized spacial score (nSPS) is 25.5. The van der Waals surface area contributed by atoms with Crippen molar-refractivity contribution in [2.24, 2.45) is 0 Å². The predicted molar refractivity (Wildman–Crippen MR) is 67.8 cm³/mol. The molecule has 82 valence electrons. The number of nitrogens with one attached hydrogen (secondary N) is 1. The quantitative estimate of drug-likeness (QED) is 0.823. The summed E-state index contributed by atoms with van der Waals surface area (Å²) in [6.07, 6.45) is 7.76. The highest BCUT2D eigenvalue weighted by atomic mass is 35.5. The van der Waals surface area contributed by atoms with Gasteiger partial charge in [-0.05, 0) is 37.7 Å². The van der Waals surface area contributed by atoms with E-state index in [1.165, 1.54) is 19.3 Å². The van der Waals surface area contributed by atoms with Crippen molar-refractivity contribution >= 4 is 29.1 Å². The molecule has 1 saturated carbocycles. The molecule has 1 N–H and O–H groups in total. The molecule has 2 rings (SSSR count). The predicted octanol–water partition coefficient (Wildman–Crippen LogP) is 3.43. The monoisotopic (exact) mass is 242 g/mol. The topological polar surface area (TPSA) is 24.9 Å². The van der Waals surface area contributed by atoms with Crippen molar-refractivity contribution in [3.63, 3.8) is 0 Å². The highest BCUT2D eigenvalue weighted by molar-refractivity contribution is 7.99. The van der Waals surface area contributed by atoms with Crippen LogP contribution in [-0.2, 0) is 0 Å². The van der Waals surface area contributed by atoms with Gasteiger partial charge in [0.25, 0.3) is 0 Å². The lowest BCUT2D eigenvalue weighted by Gasteiger charge is -2.14. The van der Waals surface area contributed by atoms with Gasteiger partial charge in [-0.2, -0.15) is 11.8 Å². The fourth-order valence-corrected chi connectivity index (χ4v) is 2.98. The molecule has 15 heavy (non-hydrogen) atoms. The Morgan fingerprint density at radius 1 is 1.53 bits per heavy atom. The third-order valence-electron chi connectivity index (χ3n) is 2.82. The Hall–Kier alpha value is -0.410. The number of rotatable bonds is 3. The van der Waals surface area contributed by atoms with Gasteiger partial charge in [-0.1, -0.05) is 11.6 Å². The zero-order chi connectivity index (χ0) is 10.7. The summed E-state index contributed by atoms with van der Waals surface area (Å²) in [7, 11) is 0. The van der Waals surface area contributed by atoms with Gasteiger partial charge in [-0.25, -0.2) is 4.98 Å². The van der Waals surface area contributed by atoms with E-state index in [1.54, 1.807) is 6.20 Å². The van der Waals surface area contributed by atoms with Gasteiger partial charge in [0.15, 0.2) is 0 Å². The Kier molecular flexibility index (Phi) is 3.76. The van der Waals surface area contributed by atoms with Crippen LogP contribution in [0.2, 0.25) is 5.15 Å². The van der Waals surface area contributed by atoms with E-state index in [-0.39, 0.29) is 0 Å². The second-order valence-electron chi connectivity index (χ2n) is 3.88. The lowest BCUT2D eigenvalue weighted by molar-refractivity contribution is 0.757. The second kappa shape index (κ2) is 5.08. The second-order valence-corrected chi connectivity index (χ2v) is 5.40. The van der Waals surface area contributed by atoms with Crippen LogP contribution in [0.1, 0.15) is 19.3 Å². The molecule has 2 unspecified atom stereocenters. The van der Waals surface area contributed by atoms with E-state index in [0.717, 1.165) is 10.9 Å². The lowest BCUT2D eigenvalue weighted by atomic mass is 10.2. The Morgan fingerprint density at radius 3 is 3.07 bits per heavy atom. The summed E-state index contributed by atoms with van der Waals surface area (Å²) in [5, 5.41) is 4.88. The average Bonchev–Trinajstić information content (AvgIpc) is 2.65. The van der Waals surface area contributed by atoms with Gasteiger partial charge in [0.2, 0.25) is 0 Å². The van der Waals surface area contributed by atoms with Crippen LogP contribution in [0.15, 0.2) is 18.3 Å². The van der Waals surface area contributed by atoms with Crippen molar-refractivity contribution in [2.75, 3.05) is 11.6 Å². The third kappa shape index (κ3) is 3.02. The molecule has 4 heteroatoms. The molecule has 0 spiro atoms. The summed E-state index contributed by atoms with van der Waals surface area (Å²) in [5.74, 6) is 0. The summed E-state index contributed by atoms with van der Waals surface area (Å²) in [5.41, 5.74) is 1.08. The Balaban J connectivity index is 1.92. The SMILES string of the molecule is CSC1CCC(Nc2ccnc(Cl)c2)C1. The number of aromatic nitrogens is 1. The van der Waals surface area contributed by atoms with Gasteiger partial charge in [0, 0.05) is 23.2 Å². The first kappa shape index (κ1) is 11.1. The first-order valence-electron chi connectivity index (χ1n) is 5.19. The van der Waals surface area contributed by atoms with E-state index in [9.17, 15) is 0 Å². The minimum absolute atomic E-state index is 0.555. The van der Waals surface area contributed by atoms with Crippen LogP contribution in [0.4, 0.5) is 5.69 Å². The largest absolute Gasteiger partial charge is 0.382 e. The van der Waals surface area contributed by atoms with Gasteiger partial charge in [-0.15, -0.1) is 0 Å². The molecule has 1 aliphatic carbocycles. The van der Waals surface area contributed by atoms with Crippen molar-refractivity contribution in [2.45, 2.75) is 30.6 Å². The van der Waals surface area contributed by atoms with Gasteiger partial charge in [0.05, 0.1) is 0 Å². The molecule has 1 heterocycles. The van der Waals surface area contributed by atoms with E-state index in [0.29, 0.717) is 11.2 Å². The summed E-state index contributed by atoms with van der Waals surface area (Å²) in [4.78, 5) is 3.97. The maximum absolute atomic E-state index is 5.83. The maximum atomic E-state index is 5.83. The summed E-state index contributed by atoms with van der Waals surface area (Å²) < 4.78 is 0. The van der Waals surface area contributed by atoms with Crippen LogP contribution in [0, 0.1) is 0 Å². The number of hydrogen-bond acceptors (Lipinski definition) is 3. The molecule has 2 atom stereocenters. The number of nitrogens with zero attached hydrogens (tertiary/aromatic N) is 1. The Bertz CT molecular complexity index is 332. The highest BCUT2D eigenvalue weighted by Crippen LogP contribution is 2.30. The van der Waals surface area contributed by atoms with E-state index in [2.05, 4.69) is 16.6 Å². The number of hydrogen-bond donors (Lipinski definition) is 1. The van der Waals surface area contributed by atoms with Crippen LogP contribution >= 0.6 is 23.4 Å². The fraction of sp³-hybridized carbons (Fsp3) is 0.545.